The fourth-order valence-corrected chi connectivity index (χ4v) is 4.03. The Bertz CT molecular complexity index is 1210. The Hall–Kier alpha value is -3.35. The Morgan fingerprint density at radius 1 is 0.909 bits per heavy atom. The molecule has 0 fully saturated rings. The molecule has 0 spiro atoms. The molecule has 0 saturated heterocycles. The van der Waals surface area contributed by atoms with Crippen LogP contribution in [0.1, 0.15) is 23.2 Å². The smallest absolute Gasteiger partial charge is 0.291 e. The van der Waals surface area contributed by atoms with Crippen LogP contribution in [0.3, 0.4) is 0 Å². The summed E-state index contributed by atoms with van der Waals surface area (Å²) in [7, 11) is 0. The van der Waals surface area contributed by atoms with E-state index in [1.54, 1.807) is 23.9 Å². The van der Waals surface area contributed by atoms with Crippen molar-refractivity contribution in [2.24, 2.45) is 0 Å². The van der Waals surface area contributed by atoms with E-state index in [1.165, 1.54) is 0 Å². The van der Waals surface area contributed by atoms with E-state index < -0.39 is 0 Å². The number of anilines is 1. The molecule has 4 rings (SSSR count). The fourth-order valence-electron chi connectivity index (χ4n) is 3.00. The van der Waals surface area contributed by atoms with Gasteiger partial charge < -0.3 is 19.2 Å². The SMILES string of the molecule is CCOc1ccc(OCc2ccc(C(=O)Nc3ccccc3Sc3ccc(Cl)cc3)o2)cc1. The summed E-state index contributed by atoms with van der Waals surface area (Å²) < 4.78 is 16.8. The summed E-state index contributed by atoms with van der Waals surface area (Å²) in [6, 6.07) is 25.9. The van der Waals surface area contributed by atoms with Gasteiger partial charge in [-0.25, -0.2) is 0 Å². The van der Waals surface area contributed by atoms with Crippen molar-refractivity contribution < 1.29 is 18.7 Å². The number of benzene rings is 3. The van der Waals surface area contributed by atoms with E-state index in [9.17, 15) is 4.79 Å². The average Bonchev–Trinajstić information content (AvgIpc) is 3.31. The van der Waals surface area contributed by atoms with Gasteiger partial charge in [0.1, 0.15) is 23.9 Å². The third kappa shape index (κ3) is 6.34. The number of rotatable bonds is 9. The van der Waals surface area contributed by atoms with Gasteiger partial charge in [-0.1, -0.05) is 35.5 Å². The minimum atomic E-state index is -0.327. The van der Waals surface area contributed by atoms with Crippen LogP contribution in [-0.2, 0) is 6.61 Å². The molecule has 0 saturated carbocycles. The molecule has 1 N–H and O–H groups in total. The Kier molecular flexibility index (Phi) is 7.60. The lowest BCUT2D eigenvalue weighted by Crippen LogP contribution is -2.11. The topological polar surface area (TPSA) is 60.7 Å². The van der Waals surface area contributed by atoms with Gasteiger partial charge in [-0.15, -0.1) is 0 Å². The molecular formula is C26H22ClNO4S. The fraction of sp³-hybridized carbons (Fsp3) is 0.115. The molecule has 5 nitrogen and oxygen atoms in total. The van der Waals surface area contributed by atoms with Gasteiger partial charge in [0.2, 0.25) is 0 Å². The van der Waals surface area contributed by atoms with E-state index in [2.05, 4.69) is 5.32 Å². The molecule has 1 heterocycles. The number of hydrogen-bond donors (Lipinski definition) is 1. The van der Waals surface area contributed by atoms with Crippen molar-refractivity contribution >= 4 is 35.0 Å². The van der Waals surface area contributed by atoms with Gasteiger partial charge in [-0.05, 0) is 79.7 Å². The van der Waals surface area contributed by atoms with E-state index in [4.69, 9.17) is 25.5 Å². The lowest BCUT2D eigenvalue weighted by molar-refractivity contribution is 0.0992. The first-order valence-electron chi connectivity index (χ1n) is 10.4. The van der Waals surface area contributed by atoms with Crippen LogP contribution in [0.25, 0.3) is 0 Å². The summed E-state index contributed by atoms with van der Waals surface area (Å²) in [6.07, 6.45) is 0. The van der Waals surface area contributed by atoms with E-state index in [1.807, 2.05) is 79.7 Å². The van der Waals surface area contributed by atoms with Crippen molar-refractivity contribution in [1.29, 1.82) is 0 Å². The maximum absolute atomic E-state index is 12.8. The standard InChI is InChI=1S/C26H22ClNO4S/c1-2-30-19-9-11-20(12-10-19)31-17-21-13-16-24(32-21)26(29)28-23-5-3-4-6-25(23)33-22-14-7-18(27)8-15-22/h3-16H,2,17H2,1H3,(H,28,29). The van der Waals surface area contributed by atoms with Gasteiger partial charge in [0, 0.05) is 14.8 Å². The van der Waals surface area contributed by atoms with Crippen LogP contribution in [-0.4, -0.2) is 12.5 Å². The Labute approximate surface area is 201 Å². The Balaban J connectivity index is 1.37. The summed E-state index contributed by atoms with van der Waals surface area (Å²) in [6.45, 7) is 2.76. The second kappa shape index (κ2) is 11.0. The van der Waals surface area contributed by atoms with E-state index in [-0.39, 0.29) is 18.3 Å². The molecule has 168 valence electrons. The molecule has 4 aromatic rings. The zero-order valence-electron chi connectivity index (χ0n) is 17.9. The molecule has 0 aliphatic heterocycles. The first kappa shape index (κ1) is 22.8. The zero-order chi connectivity index (χ0) is 23.0. The summed E-state index contributed by atoms with van der Waals surface area (Å²) in [5, 5.41) is 3.61. The largest absolute Gasteiger partial charge is 0.494 e. The third-order valence-corrected chi connectivity index (χ3v) is 5.91. The van der Waals surface area contributed by atoms with E-state index in [0.717, 1.165) is 15.5 Å². The molecular weight excluding hydrogens is 458 g/mol. The maximum Gasteiger partial charge on any atom is 0.291 e. The summed E-state index contributed by atoms with van der Waals surface area (Å²) in [5.74, 6) is 1.92. The highest BCUT2D eigenvalue weighted by Crippen LogP contribution is 2.34. The van der Waals surface area contributed by atoms with Gasteiger partial charge in [-0.3, -0.25) is 4.79 Å². The number of halogens is 1. The minimum absolute atomic E-state index is 0.213. The van der Waals surface area contributed by atoms with Crippen molar-refractivity contribution in [3.63, 3.8) is 0 Å². The van der Waals surface area contributed by atoms with Crippen LogP contribution in [0, 0.1) is 0 Å². The van der Waals surface area contributed by atoms with Crippen LogP contribution < -0.4 is 14.8 Å². The molecule has 1 aromatic heterocycles. The molecule has 0 aliphatic rings. The number of hydrogen-bond acceptors (Lipinski definition) is 5. The molecule has 0 bridgehead atoms. The number of carbonyl (C=O) groups is 1. The van der Waals surface area contributed by atoms with Gasteiger partial charge in [0.05, 0.1) is 12.3 Å². The molecule has 7 heteroatoms. The first-order chi connectivity index (χ1) is 16.1. The second-order valence-corrected chi connectivity index (χ2v) is 8.52. The second-order valence-electron chi connectivity index (χ2n) is 6.97. The van der Waals surface area contributed by atoms with E-state index in [0.29, 0.717) is 28.8 Å². The first-order valence-corrected chi connectivity index (χ1v) is 11.6. The van der Waals surface area contributed by atoms with Crippen LogP contribution in [0.5, 0.6) is 11.5 Å². The summed E-state index contributed by atoms with van der Waals surface area (Å²) in [4.78, 5) is 14.7. The zero-order valence-corrected chi connectivity index (χ0v) is 19.5. The van der Waals surface area contributed by atoms with Crippen LogP contribution >= 0.6 is 23.4 Å². The predicted molar refractivity (Wildman–Crippen MR) is 131 cm³/mol. The van der Waals surface area contributed by atoms with Crippen molar-refractivity contribution in [3.8, 4) is 11.5 Å². The monoisotopic (exact) mass is 479 g/mol. The molecule has 33 heavy (non-hydrogen) atoms. The highest BCUT2D eigenvalue weighted by molar-refractivity contribution is 7.99. The summed E-state index contributed by atoms with van der Waals surface area (Å²) in [5.41, 5.74) is 0.700. The Morgan fingerprint density at radius 2 is 1.61 bits per heavy atom. The predicted octanol–water partition coefficient (Wildman–Crippen LogP) is 7.31. The van der Waals surface area contributed by atoms with Gasteiger partial charge in [-0.2, -0.15) is 0 Å². The van der Waals surface area contributed by atoms with Gasteiger partial charge in [0.15, 0.2) is 5.76 Å². The molecule has 3 aromatic carbocycles. The highest BCUT2D eigenvalue weighted by atomic mass is 35.5. The van der Waals surface area contributed by atoms with Crippen LogP contribution in [0.15, 0.2) is 99.1 Å². The van der Waals surface area contributed by atoms with Crippen LogP contribution in [0.4, 0.5) is 5.69 Å². The van der Waals surface area contributed by atoms with Crippen LogP contribution in [0.2, 0.25) is 5.02 Å². The molecule has 0 radical (unpaired) electrons. The third-order valence-electron chi connectivity index (χ3n) is 4.58. The Morgan fingerprint density at radius 3 is 2.33 bits per heavy atom. The number of carbonyl (C=O) groups excluding carboxylic acids is 1. The van der Waals surface area contributed by atoms with Gasteiger partial charge >= 0.3 is 0 Å². The van der Waals surface area contributed by atoms with Crippen molar-refractivity contribution in [2.75, 3.05) is 11.9 Å². The van der Waals surface area contributed by atoms with E-state index >= 15 is 0 Å². The normalized spacial score (nSPS) is 10.6. The van der Waals surface area contributed by atoms with Crippen molar-refractivity contribution in [2.45, 2.75) is 23.3 Å². The average molecular weight is 480 g/mol. The number of para-hydroxylation sites is 1. The maximum atomic E-state index is 12.8. The quantitative estimate of drug-likeness (QED) is 0.272. The van der Waals surface area contributed by atoms with Crippen molar-refractivity contribution in [1.82, 2.24) is 0 Å². The molecule has 0 atom stereocenters. The highest BCUT2D eigenvalue weighted by Gasteiger charge is 2.14. The number of furan rings is 1. The lowest BCUT2D eigenvalue weighted by atomic mass is 10.3. The summed E-state index contributed by atoms with van der Waals surface area (Å²) >= 11 is 7.51. The number of amides is 1. The molecule has 0 aliphatic carbocycles. The lowest BCUT2D eigenvalue weighted by Gasteiger charge is -2.10. The number of nitrogens with one attached hydrogen (secondary N) is 1. The minimum Gasteiger partial charge on any atom is -0.494 e. The molecule has 0 unspecified atom stereocenters. The number of ether oxygens (including phenoxy) is 2. The van der Waals surface area contributed by atoms with Gasteiger partial charge in [0.25, 0.3) is 5.91 Å². The molecule has 1 amide bonds. The van der Waals surface area contributed by atoms with Crippen molar-refractivity contribution in [3.05, 3.63) is 101 Å².